The van der Waals surface area contributed by atoms with Gasteiger partial charge in [-0.25, -0.2) is 4.79 Å². The minimum Gasteiger partial charge on any atom is -0.457 e. The van der Waals surface area contributed by atoms with Crippen molar-refractivity contribution in [2.24, 2.45) is 0 Å². The topological polar surface area (TPSA) is 26.3 Å². The number of carbonyl (C=O) groups excluding carboxylic acids is 1. The third-order valence-electron chi connectivity index (χ3n) is 3.28. The maximum atomic E-state index is 11.4. The molecule has 0 spiro atoms. The molecule has 0 amide bonds. The van der Waals surface area contributed by atoms with Crippen LogP contribution in [-0.4, -0.2) is 43.2 Å². The van der Waals surface area contributed by atoms with Crippen molar-refractivity contribution in [2.75, 3.05) is 32.8 Å². The summed E-state index contributed by atoms with van der Waals surface area (Å²) in [4.78, 5) is 11.4. The number of allylic oxidation sites excluding steroid dienone is 1. The first kappa shape index (κ1) is 17.2. The molecule has 0 aromatic carbocycles. The summed E-state index contributed by atoms with van der Waals surface area (Å²) >= 11 is 0. The molecule has 0 rings (SSSR count). The first-order chi connectivity index (χ1) is 8.49. The number of ether oxygens (including phenoxy) is 1. The highest BCUT2D eigenvalue weighted by Gasteiger charge is 2.23. The van der Waals surface area contributed by atoms with Gasteiger partial charge in [0.15, 0.2) is 0 Å². The summed E-state index contributed by atoms with van der Waals surface area (Å²) in [7, 11) is 0. The summed E-state index contributed by atoms with van der Waals surface area (Å²) in [6, 6.07) is 0. The molecule has 0 saturated carbocycles. The highest BCUT2D eigenvalue weighted by atomic mass is 16.5. The molecule has 0 fully saturated rings. The van der Waals surface area contributed by atoms with Crippen molar-refractivity contribution in [3.8, 4) is 0 Å². The highest BCUT2D eigenvalue weighted by molar-refractivity contribution is 5.82. The van der Waals surface area contributed by atoms with Gasteiger partial charge in [0.2, 0.25) is 0 Å². The van der Waals surface area contributed by atoms with Gasteiger partial charge in [0.05, 0.1) is 19.6 Å². The van der Waals surface area contributed by atoms with Gasteiger partial charge in [-0.1, -0.05) is 19.4 Å². The van der Waals surface area contributed by atoms with Gasteiger partial charge in [-0.3, -0.25) is 0 Å². The number of quaternary nitrogens is 1. The lowest BCUT2D eigenvalue weighted by Gasteiger charge is -2.37. The van der Waals surface area contributed by atoms with E-state index < -0.39 is 0 Å². The van der Waals surface area contributed by atoms with Gasteiger partial charge in [0.1, 0.15) is 13.2 Å². The number of esters is 1. The Bertz CT molecular complexity index is 262. The smallest absolute Gasteiger partial charge is 0.330 e. The second kappa shape index (κ2) is 9.15. The molecule has 0 aliphatic heterocycles. The molecule has 0 heterocycles. The fourth-order valence-electron chi connectivity index (χ4n) is 2.38. The van der Waals surface area contributed by atoms with E-state index in [9.17, 15) is 4.79 Å². The summed E-state index contributed by atoms with van der Waals surface area (Å²) in [5.74, 6) is -0.211. The Morgan fingerprint density at radius 3 is 2.00 bits per heavy atom. The molecule has 106 valence electrons. The maximum Gasteiger partial charge on any atom is 0.330 e. The highest BCUT2D eigenvalue weighted by Crippen LogP contribution is 2.09. The Morgan fingerprint density at radius 2 is 1.61 bits per heavy atom. The second-order valence-corrected chi connectivity index (χ2v) is 5.22. The molecule has 0 N–H and O–H groups in total. The van der Waals surface area contributed by atoms with Crippen LogP contribution in [0.15, 0.2) is 11.6 Å². The predicted octanol–water partition coefficient (Wildman–Crippen LogP) is 3.15. The molecule has 0 radical (unpaired) electrons. The number of hydrogen-bond acceptors (Lipinski definition) is 2. The molecule has 0 saturated heterocycles. The first-order valence-corrected chi connectivity index (χ1v) is 7.16. The zero-order chi connectivity index (χ0) is 14.0. The van der Waals surface area contributed by atoms with Gasteiger partial charge in [-0.15, -0.1) is 0 Å². The van der Waals surface area contributed by atoms with Gasteiger partial charge in [-0.05, 0) is 33.6 Å². The molecule has 0 aromatic rings. The van der Waals surface area contributed by atoms with Crippen molar-refractivity contribution in [3.63, 3.8) is 0 Å². The van der Waals surface area contributed by atoms with Crippen molar-refractivity contribution < 1.29 is 14.0 Å². The lowest BCUT2D eigenvalue weighted by atomic mass is 10.2. The van der Waals surface area contributed by atoms with E-state index in [4.69, 9.17) is 4.74 Å². The van der Waals surface area contributed by atoms with Crippen LogP contribution in [0.1, 0.15) is 47.5 Å². The van der Waals surface area contributed by atoms with E-state index in [1.807, 2.05) is 13.8 Å². The molecule has 0 atom stereocenters. The largest absolute Gasteiger partial charge is 0.457 e. The average molecular weight is 256 g/mol. The van der Waals surface area contributed by atoms with Gasteiger partial charge in [0, 0.05) is 6.08 Å². The standard InChI is InChI=1S/C15H30NO2/c1-6-9-16(8-3,10-7-2)11-12-18-15(17)13-14(4)5/h13H,6-12H2,1-5H3/q+1. The van der Waals surface area contributed by atoms with Gasteiger partial charge < -0.3 is 9.22 Å². The number of rotatable bonds is 9. The molecule has 3 nitrogen and oxygen atoms in total. The predicted molar refractivity (Wildman–Crippen MR) is 76.4 cm³/mol. The lowest BCUT2D eigenvalue weighted by Crippen LogP contribution is -2.51. The van der Waals surface area contributed by atoms with Crippen molar-refractivity contribution in [1.82, 2.24) is 0 Å². The maximum absolute atomic E-state index is 11.4. The van der Waals surface area contributed by atoms with E-state index in [0.29, 0.717) is 6.61 Å². The normalized spacial score (nSPS) is 11.2. The third kappa shape index (κ3) is 6.80. The molecular formula is C15H30NO2+. The summed E-state index contributed by atoms with van der Waals surface area (Å²) in [5.41, 5.74) is 0.985. The van der Waals surface area contributed by atoms with E-state index in [2.05, 4.69) is 20.8 Å². The summed E-state index contributed by atoms with van der Waals surface area (Å²) in [5, 5.41) is 0. The van der Waals surface area contributed by atoms with Gasteiger partial charge in [0.25, 0.3) is 0 Å². The number of carbonyl (C=O) groups is 1. The van der Waals surface area contributed by atoms with Crippen LogP contribution < -0.4 is 0 Å². The van der Waals surface area contributed by atoms with Crippen LogP contribution in [0.25, 0.3) is 0 Å². The van der Waals surface area contributed by atoms with Crippen molar-refractivity contribution >= 4 is 5.97 Å². The zero-order valence-electron chi connectivity index (χ0n) is 12.8. The minimum absolute atomic E-state index is 0.211. The number of hydrogen-bond donors (Lipinski definition) is 0. The fraction of sp³-hybridized carbons (Fsp3) is 0.800. The first-order valence-electron chi connectivity index (χ1n) is 7.16. The van der Waals surface area contributed by atoms with Crippen LogP contribution in [0.2, 0.25) is 0 Å². The molecule has 18 heavy (non-hydrogen) atoms. The lowest BCUT2D eigenvalue weighted by molar-refractivity contribution is -0.926. The van der Waals surface area contributed by atoms with Crippen LogP contribution in [0.4, 0.5) is 0 Å². The monoisotopic (exact) mass is 256 g/mol. The Balaban J connectivity index is 4.26. The van der Waals surface area contributed by atoms with E-state index in [1.54, 1.807) is 6.08 Å². The average Bonchev–Trinajstić information content (AvgIpc) is 2.28. The summed E-state index contributed by atoms with van der Waals surface area (Å²) < 4.78 is 6.34. The number of likely N-dealkylation sites (N-methyl/N-ethyl adjacent to an activating group) is 1. The second-order valence-electron chi connectivity index (χ2n) is 5.22. The van der Waals surface area contributed by atoms with Crippen LogP contribution in [-0.2, 0) is 9.53 Å². The number of nitrogens with zero attached hydrogens (tertiary/aromatic N) is 1. The van der Waals surface area contributed by atoms with Crippen molar-refractivity contribution in [3.05, 3.63) is 11.6 Å². The molecule has 3 heteroatoms. The SMILES string of the molecule is CCC[N+](CC)(CCC)CCOC(=O)C=C(C)C. The Labute approximate surface area is 112 Å². The molecule has 0 unspecified atom stereocenters. The van der Waals surface area contributed by atoms with Crippen LogP contribution >= 0.6 is 0 Å². The summed E-state index contributed by atoms with van der Waals surface area (Å²) in [6.07, 6.45) is 3.91. The van der Waals surface area contributed by atoms with Crippen LogP contribution in [0.3, 0.4) is 0 Å². The van der Waals surface area contributed by atoms with Gasteiger partial charge >= 0.3 is 5.97 Å². The molecule has 0 aliphatic carbocycles. The zero-order valence-corrected chi connectivity index (χ0v) is 12.8. The van der Waals surface area contributed by atoms with Crippen molar-refractivity contribution in [2.45, 2.75) is 47.5 Å². The van der Waals surface area contributed by atoms with Crippen molar-refractivity contribution in [1.29, 1.82) is 0 Å². The van der Waals surface area contributed by atoms with Gasteiger partial charge in [-0.2, -0.15) is 0 Å². The Morgan fingerprint density at radius 1 is 1.06 bits per heavy atom. The summed E-state index contributed by atoms with van der Waals surface area (Å²) in [6.45, 7) is 15.4. The van der Waals surface area contributed by atoms with E-state index in [0.717, 1.165) is 23.1 Å². The molecular weight excluding hydrogens is 226 g/mol. The molecule has 0 bridgehead atoms. The van der Waals surface area contributed by atoms with E-state index >= 15 is 0 Å². The quantitative estimate of drug-likeness (QED) is 0.360. The van der Waals surface area contributed by atoms with E-state index in [-0.39, 0.29) is 5.97 Å². The molecule has 0 aliphatic rings. The molecule has 0 aromatic heterocycles. The van der Waals surface area contributed by atoms with Crippen LogP contribution in [0.5, 0.6) is 0 Å². The van der Waals surface area contributed by atoms with E-state index in [1.165, 1.54) is 25.9 Å². The Hall–Kier alpha value is -0.830. The Kier molecular flexibility index (Phi) is 8.73. The minimum atomic E-state index is -0.211. The fourth-order valence-corrected chi connectivity index (χ4v) is 2.38. The third-order valence-corrected chi connectivity index (χ3v) is 3.28. The van der Waals surface area contributed by atoms with Crippen LogP contribution in [0, 0.1) is 0 Å².